The average Bonchev–Trinajstić information content (AvgIpc) is 2.57. The topological polar surface area (TPSA) is 12.5 Å². The summed E-state index contributed by atoms with van der Waals surface area (Å²) in [6.07, 6.45) is 0.0584. The predicted octanol–water partition coefficient (Wildman–Crippen LogP) is 4.21. The Bertz CT molecular complexity index is 609. The quantitative estimate of drug-likeness (QED) is 0.779. The fourth-order valence-corrected chi connectivity index (χ4v) is 2.76. The molecule has 2 aromatic rings. The number of nitrogens with zero attached hydrogens (tertiary/aromatic N) is 1. The second kappa shape index (κ2) is 5.47. The molecule has 0 radical (unpaired) electrons. The van der Waals surface area contributed by atoms with Crippen LogP contribution in [0, 0.1) is 6.92 Å². The molecule has 0 spiro atoms. The summed E-state index contributed by atoms with van der Waals surface area (Å²) >= 11 is 6.07. The maximum Gasteiger partial charge on any atom is 0.136 e. The van der Waals surface area contributed by atoms with E-state index in [0.717, 1.165) is 29.4 Å². The lowest BCUT2D eigenvalue weighted by molar-refractivity contribution is 0.165. The number of rotatable bonds is 1. The number of fused-ring (bicyclic) bond motifs is 1. The van der Waals surface area contributed by atoms with E-state index < -0.39 is 0 Å². The molecule has 0 saturated carbocycles. The molecule has 1 unspecified atom stereocenters. The molecular weight excluding hydrogens is 270 g/mol. The molecule has 0 aromatic heterocycles. The molecule has 1 aliphatic rings. The molecule has 1 heterocycles. The van der Waals surface area contributed by atoms with Crippen LogP contribution in [0.25, 0.3) is 0 Å². The Hall–Kier alpha value is -1.51. The zero-order valence-electron chi connectivity index (χ0n) is 11.8. The molecule has 0 N–H and O–H groups in total. The second-order valence-electron chi connectivity index (χ2n) is 5.47. The molecule has 0 aliphatic carbocycles. The Morgan fingerprint density at radius 1 is 1.15 bits per heavy atom. The lowest BCUT2D eigenvalue weighted by atomic mass is 10.1. The van der Waals surface area contributed by atoms with E-state index in [1.807, 2.05) is 18.2 Å². The zero-order chi connectivity index (χ0) is 14.1. The Morgan fingerprint density at radius 3 is 2.65 bits per heavy atom. The molecule has 2 nitrogen and oxygen atoms in total. The molecule has 3 heteroatoms. The Morgan fingerprint density at radius 2 is 1.90 bits per heavy atom. The standard InChI is InChI=1S/C17H18ClNO/c1-12-3-5-13(6-4-12)17-11-19(2)10-14-9-15(18)7-8-16(14)20-17/h3-9,17H,10-11H2,1-2H3. The van der Waals surface area contributed by atoms with E-state index in [2.05, 4.69) is 43.1 Å². The number of aryl methyl sites for hydroxylation is 1. The normalized spacial score (nSPS) is 19.1. The van der Waals surface area contributed by atoms with Crippen molar-refractivity contribution in [2.75, 3.05) is 13.6 Å². The van der Waals surface area contributed by atoms with Gasteiger partial charge in [0.2, 0.25) is 0 Å². The van der Waals surface area contributed by atoms with Crippen LogP contribution >= 0.6 is 11.6 Å². The van der Waals surface area contributed by atoms with Crippen LogP contribution in [0.2, 0.25) is 5.02 Å². The van der Waals surface area contributed by atoms with Gasteiger partial charge >= 0.3 is 0 Å². The third kappa shape index (κ3) is 2.82. The first-order valence-corrected chi connectivity index (χ1v) is 7.20. The van der Waals surface area contributed by atoms with Crippen LogP contribution < -0.4 is 4.74 Å². The van der Waals surface area contributed by atoms with E-state index in [1.54, 1.807) is 0 Å². The highest BCUT2D eigenvalue weighted by atomic mass is 35.5. The van der Waals surface area contributed by atoms with Crippen molar-refractivity contribution < 1.29 is 4.74 Å². The molecule has 1 atom stereocenters. The summed E-state index contributed by atoms with van der Waals surface area (Å²) in [5, 5.41) is 0.759. The van der Waals surface area contributed by atoms with Gasteiger partial charge in [0.15, 0.2) is 0 Å². The molecule has 1 aliphatic heterocycles. The van der Waals surface area contributed by atoms with Crippen molar-refractivity contribution in [1.82, 2.24) is 4.90 Å². The van der Waals surface area contributed by atoms with Crippen LogP contribution in [0.5, 0.6) is 5.75 Å². The smallest absolute Gasteiger partial charge is 0.136 e. The van der Waals surface area contributed by atoms with Crippen molar-refractivity contribution in [2.45, 2.75) is 19.6 Å². The first-order chi connectivity index (χ1) is 9.61. The molecule has 0 amide bonds. The SMILES string of the molecule is Cc1ccc(C2CN(C)Cc3cc(Cl)ccc3O2)cc1. The summed E-state index contributed by atoms with van der Waals surface area (Å²) < 4.78 is 6.21. The third-order valence-corrected chi connectivity index (χ3v) is 3.89. The van der Waals surface area contributed by atoms with Crippen molar-refractivity contribution in [3.05, 3.63) is 64.2 Å². The molecule has 2 aromatic carbocycles. The number of benzene rings is 2. The molecular formula is C17H18ClNO. The van der Waals surface area contributed by atoms with Gasteiger partial charge in [-0.1, -0.05) is 41.4 Å². The number of likely N-dealkylation sites (N-methyl/N-ethyl adjacent to an activating group) is 1. The van der Waals surface area contributed by atoms with Crippen LogP contribution in [0.3, 0.4) is 0 Å². The van der Waals surface area contributed by atoms with Crippen LogP contribution in [0.4, 0.5) is 0 Å². The van der Waals surface area contributed by atoms with Gasteiger partial charge in [0.1, 0.15) is 11.9 Å². The van der Waals surface area contributed by atoms with Gasteiger partial charge in [0.25, 0.3) is 0 Å². The number of hydrogen-bond donors (Lipinski definition) is 0. The lowest BCUT2D eigenvalue weighted by Gasteiger charge is -2.20. The Balaban J connectivity index is 1.94. The monoisotopic (exact) mass is 287 g/mol. The summed E-state index contributed by atoms with van der Waals surface area (Å²) in [7, 11) is 2.11. The Labute approximate surface area is 124 Å². The van der Waals surface area contributed by atoms with Crippen LogP contribution in [0.1, 0.15) is 22.8 Å². The van der Waals surface area contributed by atoms with Gasteiger partial charge in [-0.2, -0.15) is 0 Å². The summed E-state index contributed by atoms with van der Waals surface area (Å²) in [4.78, 5) is 2.27. The van der Waals surface area contributed by atoms with E-state index in [9.17, 15) is 0 Å². The van der Waals surface area contributed by atoms with E-state index >= 15 is 0 Å². The number of halogens is 1. The minimum absolute atomic E-state index is 0.0584. The first kappa shape index (κ1) is 13.5. The van der Waals surface area contributed by atoms with E-state index in [4.69, 9.17) is 16.3 Å². The zero-order valence-corrected chi connectivity index (χ0v) is 12.5. The highest BCUT2D eigenvalue weighted by Gasteiger charge is 2.22. The van der Waals surface area contributed by atoms with Crippen molar-refractivity contribution in [3.8, 4) is 5.75 Å². The maximum atomic E-state index is 6.21. The molecule has 0 bridgehead atoms. The lowest BCUT2D eigenvalue weighted by Crippen LogP contribution is -2.24. The van der Waals surface area contributed by atoms with Gasteiger partial charge in [-0.25, -0.2) is 0 Å². The van der Waals surface area contributed by atoms with Crippen LogP contribution in [-0.4, -0.2) is 18.5 Å². The van der Waals surface area contributed by atoms with Gasteiger partial charge in [-0.05, 0) is 37.7 Å². The van der Waals surface area contributed by atoms with E-state index in [1.165, 1.54) is 11.1 Å². The second-order valence-corrected chi connectivity index (χ2v) is 5.90. The maximum absolute atomic E-state index is 6.21. The largest absolute Gasteiger partial charge is 0.484 e. The minimum atomic E-state index is 0.0584. The van der Waals surface area contributed by atoms with Gasteiger partial charge in [-0.3, -0.25) is 4.90 Å². The predicted molar refractivity (Wildman–Crippen MR) is 82.3 cm³/mol. The van der Waals surface area contributed by atoms with E-state index in [-0.39, 0.29) is 6.10 Å². The van der Waals surface area contributed by atoms with Crippen LogP contribution in [-0.2, 0) is 6.54 Å². The highest BCUT2D eigenvalue weighted by Crippen LogP contribution is 2.32. The van der Waals surface area contributed by atoms with E-state index in [0.29, 0.717) is 0 Å². The molecule has 104 valence electrons. The van der Waals surface area contributed by atoms with Crippen molar-refractivity contribution in [2.24, 2.45) is 0 Å². The summed E-state index contributed by atoms with van der Waals surface area (Å²) in [6, 6.07) is 14.4. The summed E-state index contributed by atoms with van der Waals surface area (Å²) in [6.45, 7) is 3.83. The van der Waals surface area contributed by atoms with Crippen LogP contribution in [0.15, 0.2) is 42.5 Å². The molecule has 20 heavy (non-hydrogen) atoms. The fourth-order valence-electron chi connectivity index (χ4n) is 2.57. The van der Waals surface area contributed by atoms with Gasteiger partial charge in [-0.15, -0.1) is 0 Å². The summed E-state index contributed by atoms with van der Waals surface area (Å²) in [5.74, 6) is 0.935. The molecule has 0 saturated heterocycles. The first-order valence-electron chi connectivity index (χ1n) is 6.82. The van der Waals surface area contributed by atoms with Gasteiger partial charge < -0.3 is 4.74 Å². The van der Waals surface area contributed by atoms with Gasteiger partial charge in [0.05, 0.1) is 0 Å². The van der Waals surface area contributed by atoms with Crippen molar-refractivity contribution >= 4 is 11.6 Å². The van der Waals surface area contributed by atoms with Crippen molar-refractivity contribution in [3.63, 3.8) is 0 Å². The third-order valence-electron chi connectivity index (χ3n) is 3.66. The minimum Gasteiger partial charge on any atom is -0.484 e. The molecule has 0 fully saturated rings. The average molecular weight is 288 g/mol. The molecule has 3 rings (SSSR count). The van der Waals surface area contributed by atoms with Gasteiger partial charge in [0, 0.05) is 23.7 Å². The number of hydrogen-bond acceptors (Lipinski definition) is 2. The highest BCUT2D eigenvalue weighted by molar-refractivity contribution is 6.30. The Kier molecular flexibility index (Phi) is 3.68. The fraction of sp³-hybridized carbons (Fsp3) is 0.294. The summed E-state index contributed by atoms with van der Waals surface area (Å²) in [5.41, 5.74) is 3.63. The number of ether oxygens (including phenoxy) is 1. The van der Waals surface area contributed by atoms with Crippen molar-refractivity contribution in [1.29, 1.82) is 0 Å².